The van der Waals surface area contributed by atoms with Crippen LogP contribution in [-0.2, 0) is 0 Å². The molecule has 14 heavy (non-hydrogen) atoms. The van der Waals surface area contributed by atoms with Crippen molar-refractivity contribution in [3.8, 4) is 0 Å². The van der Waals surface area contributed by atoms with Crippen molar-refractivity contribution in [1.29, 1.82) is 0 Å². The smallest absolute Gasteiger partial charge is 0.0258 e. The Morgan fingerprint density at radius 3 is 2.36 bits per heavy atom. The van der Waals surface area contributed by atoms with E-state index in [0.717, 1.165) is 12.1 Å². The zero-order valence-corrected chi connectivity index (χ0v) is 9.95. The van der Waals surface area contributed by atoms with E-state index in [4.69, 9.17) is 0 Å². The lowest BCUT2D eigenvalue weighted by molar-refractivity contribution is 0.403. The lowest BCUT2D eigenvalue weighted by Gasteiger charge is -2.28. The number of nitrogens with one attached hydrogen (secondary N) is 1. The maximum atomic E-state index is 4.48. The second-order valence-electron chi connectivity index (χ2n) is 4.39. The lowest BCUT2D eigenvalue weighted by atomic mass is 9.94. The first-order valence-corrected chi connectivity index (χ1v) is 5.86. The van der Waals surface area contributed by atoms with Crippen LogP contribution in [0.4, 0.5) is 0 Å². The van der Waals surface area contributed by atoms with Gasteiger partial charge >= 0.3 is 0 Å². The third-order valence-corrected chi connectivity index (χ3v) is 3.14. The highest BCUT2D eigenvalue weighted by Gasteiger charge is 2.18. The van der Waals surface area contributed by atoms with Gasteiger partial charge in [0.2, 0.25) is 0 Å². The summed E-state index contributed by atoms with van der Waals surface area (Å²) < 4.78 is 0. The summed E-state index contributed by atoms with van der Waals surface area (Å²) in [5.74, 6) is 0. The van der Waals surface area contributed by atoms with E-state index < -0.39 is 0 Å². The molecule has 1 aliphatic carbocycles. The number of hydrogen-bond acceptors (Lipinski definition) is 2. The van der Waals surface area contributed by atoms with Crippen molar-refractivity contribution in [3.05, 3.63) is 24.4 Å². The SMILES string of the molecule is C=C(C)CC(=C)NC1CCC(S)CC1. The minimum Gasteiger partial charge on any atom is -0.386 e. The Hall–Kier alpha value is -0.370. The quantitative estimate of drug-likeness (QED) is 0.537. The van der Waals surface area contributed by atoms with E-state index in [9.17, 15) is 0 Å². The molecular formula is C12H21NS. The van der Waals surface area contributed by atoms with Crippen molar-refractivity contribution in [2.45, 2.75) is 50.3 Å². The van der Waals surface area contributed by atoms with Gasteiger partial charge in [0.25, 0.3) is 0 Å². The topological polar surface area (TPSA) is 12.0 Å². The van der Waals surface area contributed by atoms with E-state index in [1.165, 1.54) is 31.3 Å². The van der Waals surface area contributed by atoms with Crippen molar-refractivity contribution >= 4 is 12.6 Å². The van der Waals surface area contributed by atoms with Crippen molar-refractivity contribution in [3.63, 3.8) is 0 Å². The molecule has 1 aliphatic rings. The Morgan fingerprint density at radius 2 is 1.86 bits per heavy atom. The van der Waals surface area contributed by atoms with Gasteiger partial charge in [-0.05, 0) is 32.6 Å². The molecule has 0 atom stereocenters. The molecule has 0 radical (unpaired) electrons. The molecule has 0 unspecified atom stereocenters. The van der Waals surface area contributed by atoms with Crippen LogP contribution in [0.15, 0.2) is 24.4 Å². The first-order valence-electron chi connectivity index (χ1n) is 5.34. The second-order valence-corrected chi connectivity index (χ2v) is 5.12. The lowest BCUT2D eigenvalue weighted by Crippen LogP contribution is -2.32. The Labute approximate surface area is 93.1 Å². The molecule has 0 spiro atoms. The van der Waals surface area contributed by atoms with Crippen LogP contribution in [0.1, 0.15) is 39.0 Å². The van der Waals surface area contributed by atoms with Crippen LogP contribution in [-0.4, -0.2) is 11.3 Å². The molecule has 0 aromatic carbocycles. The molecule has 0 bridgehead atoms. The standard InChI is InChI=1S/C12H21NS/c1-9(2)8-10(3)13-11-4-6-12(14)7-5-11/h11-14H,1,3-8H2,2H3. The van der Waals surface area contributed by atoms with E-state index in [1.807, 2.05) is 6.92 Å². The molecule has 80 valence electrons. The first kappa shape index (κ1) is 11.7. The molecule has 2 heteroatoms. The molecule has 0 aromatic rings. The summed E-state index contributed by atoms with van der Waals surface area (Å²) in [4.78, 5) is 0. The molecule has 1 N–H and O–H groups in total. The summed E-state index contributed by atoms with van der Waals surface area (Å²) in [5, 5.41) is 4.09. The van der Waals surface area contributed by atoms with E-state index in [-0.39, 0.29) is 0 Å². The molecule has 0 saturated heterocycles. The molecule has 1 rings (SSSR count). The third-order valence-electron chi connectivity index (χ3n) is 2.62. The maximum Gasteiger partial charge on any atom is 0.0258 e. The fourth-order valence-electron chi connectivity index (χ4n) is 1.92. The minimum atomic E-state index is 0.613. The average Bonchev–Trinajstić information content (AvgIpc) is 2.07. The Bertz CT molecular complexity index is 214. The van der Waals surface area contributed by atoms with Crippen LogP contribution in [0, 0.1) is 0 Å². The van der Waals surface area contributed by atoms with Crippen LogP contribution in [0.3, 0.4) is 0 Å². The van der Waals surface area contributed by atoms with E-state index in [0.29, 0.717) is 11.3 Å². The maximum absolute atomic E-state index is 4.48. The van der Waals surface area contributed by atoms with Crippen LogP contribution < -0.4 is 5.32 Å². The van der Waals surface area contributed by atoms with Gasteiger partial charge in [-0.1, -0.05) is 18.7 Å². The highest BCUT2D eigenvalue weighted by molar-refractivity contribution is 7.80. The van der Waals surface area contributed by atoms with E-state index in [2.05, 4.69) is 31.1 Å². The van der Waals surface area contributed by atoms with Gasteiger partial charge in [0.15, 0.2) is 0 Å². The van der Waals surface area contributed by atoms with Gasteiger partial charge in [-0.15, -0.1) is 0 Å². The summed E-state index contributed by atoms with van der Waals surface area (Å²) in [7, 11) is 0. The van der Waals surface area contributed by atoms with Gasteiger partial charge in [-0.25, -0.2) is 0 Å². The largest absolute Gasteiger partial charge is 0.386 e. The fourth-order valence-corrected chi connectivity index (χ4v) is 2.22. The van der Waals surface area contributed by atoms with Gasteiger partial charge in [-0.2, -0.15) is 12.6 Å². The summed E-state index contributed by atoms with van der Waals surface area (Å²) >= 11 is 4.48. The van der Waals surface area contributed by atoms with Crippen LogP contribution in [0.5, 0.6) is 0 Å². The van der Waals surface area contributed by atoms with Crippen molar-refractivity contribution in [2.75, 3.05) is 0 Å². The third kappa shape index (κ3) is 4.23. The Kier molecular flexibility index (Phi) is 4.59. The number of allylic oxidation sites excluding steroid dienone is 1. The van der Waals surface area contributed by atoms with Crippen LogP contribution in [0.25, 0.3) is 0 Å². The molecule has 0 amide bonds. The van der Waals surface area contributed by atoms with E-state index in [1.54, 1.807) is 0 Å². The Balaban J connectivity index is 2.24. The van der Waals surface area contributed by atoms with E-state index >= 15 is 0 Å². The number of rotatable bonds is 4. The summed E-state index contributed by atoms with van der Waals surface area (Å²) in [5.41, 5.74) is 2.28. The predicted octanol–water partition coefficient (Wildman–Crippen LogP) is 3.30. The fraction of sp³-hybridized carbons (Fsp3) is 0.667. The molecular weight excluding hydrogens is 190 g/mol. The zero-order valence-electron chi connectivity index (χ0n) is 9.05. The predicted molar refractivity (Wildman–Crippen MR) is 66.7 cm³/mol. The molecule has 0 heterocycles. The summed E-state index contributed by atoms with van der Waals surface area (Å²) in [6.45, 7) is 9.94. The van der Waals surface area contributed by atoms with Gasteiger partial charge in [0.1, 0.15) is 0 Å². The second kappa shape index (κ2) is 5.50. The minimum absolute atomic E-state index is 0.613. The van der Waals surface area contributed by atoms with Crippen molar-refractivity contribution in [1.82, 2.24) is 5.32 Å². The van der Waals surface area contributed by atoms with Gasteiger partial charge < -0.3 is 5.32 Å². The number of thiol groups is 1. The summed E-state index contributed by atoms with van der Waals surface area (Å²) in [6, 6.07) is 0.616. The van der Waals surface area contributed by atoms with Crippen LogP contribution in [0.2, 0.25) is 0 Å². The molecule has 0 aromatic heterocycles. The summed E-state index contributed by atoms with van der Waals surface area (Å²) in [6.07, 6.45) is 5.80. The van der Waals surface area contributed by atoms with Gasteiger partial charge in [0.05, 0.1) is 0 Å². The average molecular weight is 211 g/mol. The van der Waals surface area contributed by atoms with Gasteiger partial charge in [0, 0.05) is 23.4 Å². The van der Waals surface area contributed by atoms with Crippen molar-refractivity contribution < 1.29 is 0 Å². The molecule has 0 aliphatic heterocycles. The van der Waals surface area contributed by atoms with Crippen molar-refractivity contribution in [2.24, 2.45) is 0 Å². The molecule has 1 nitrogen and oxygen atoms in total. The number of hydrogen-bond donors (Lipinski definition) is 2. The first-order chi connectivity index (χ1) is 6.58. The monoisotopic (exact) mass is 211 g/mol. The highest BCUT2D eigenvalue weighted by atomic mass is 32.1. The molecule has 1 saturated carbocycles. The normalized spacial score (nSPS) is 27.0. The zero-order chi connectivity index (χ0) is 10.6. The van der Waals surface area contributed by atoms with Gasteiger partial charge in [-0.3, -0.25) is 0 Å². The Morgan fingerprint density at radius 1 is 1.29 bits per heavy atom. The molecule has 1 fully saturated rings. The highest BCUT2D eigenvalue weighted by Crippen LogP contribution is 2.23. The van der Waals surface area contributed by atoms with Crippen LogP contribution >= 0.6 is 12.6 Å².